The predicted molar refractivity (Wildman–Crippen MR) is 101 cm³/mol. The third-order valence-corrected chi connectivity index (χ3v) is 4.07. The van der Waals surface area contributed by atoms with Crippen LogP contribution in [0.15, 0.2) is 48.5 Å². The molecule has 0 bridgehead atoms. The van der Waals surface area contributed by atoms with Crippen molar-refractivity contribution in [2.75, 3.05) is 13.7 Å². The van der Waals surface area contributed by atoms with Gasteiger partial charge in [0.15, 0.2) is 6.10 Å². The summed E-state index contributed by atoms with van der Waals surface area (Å²) in [5.41, 5.74) is 1.91. The zero-order chi connectivity index (χ0) is 19.8. The van der Waals surface area contributed by atoms with Crippen molar-refractivity contribution in [3.05, 3.63) is 65.2 Å². The highest BCUT2D eigenvalue weighted by molar-refractivity contribution is 6.01. The van der Waals surface area contributed by atoms with E-state index in [2.05, 4.69) is 5.32 Å². The van der Waals surface area contributed by atoms with Gasteiger partial charge in [0.1, 0.15) is 12.3 Å². The van der Waals surface area contributed by atoms with Crippen LogP contribution in [0.4, 0.5) is 0 Å². The van der Waals surface area contributed by atoms with E-state index in [0.29, 0.717) is 16.9 Å². The second-order valence-corrected chi connectivity index (χ2v) is 5.93. The number of benzene rings is 2. The quantitative estimate of drug-likeness (QED) is 0.572. The zero-order valence-corrected chi connectivity index (χ0v) is 15.7. The van der Waals surface area contributed by atoms with Gasteiger partial charge in [-0.15, -0.1) is 0 Å². The number of Topliss-reactive ketones (excluding diaryl/α,β-unsaturated/α-hetero) is 1. The normalized spacial score (nSPS) is 11.4. The molecule has 0 radical (unpaired) electrons. The minimum atomic E-state index is -0.937. The van der Waals surface area contributed by atoms with Crippen molar-refractivity contribution in [1.82, 2.24) is 5.32 Å². The van der Waals surface area contributed by atoms with Gasteiger partial charge in [0.25, 0.3) is 5.91 Å². The van der Waals surface area contributed by atoms with Gasteiger partial charge in [-0.2, -0.15) is 0 Å². The molecule has 1 amide bonds. The van der Waals surface area contributed by atoms with Crippen molar-refractivity contribution < 1.29 is 23.9 Å². The summed E-state index contributed by atoms with van der Waals surface area (Å²) in [6.45, 7) is 3.19. The van der Waals surface area contributed by atoms with Crippen LogP contribution in [0, 0.1) is 0 Å². The predicted octanol–water partition coefficient (Wildman–Crippen LogP) is 2.80. The summed E-state index contributed by atoms with van der Waals surface area (Å²) in [7, 11) is 1.46. The Morgan fingerprint density at radius 3 is 2.33 bits per heavy atom. The number of hydrogen-bond donors (Lipinski definition) is 1. The second kappa shape index (κ2) is 9.52. The summed E-state index contributed by atoms with van der Waals surface area (Å²) < 4.78 is 10.2. The minimum Gasteiger partial charge on any atom is -0.496 e. The van der Waals surface area contributed by atoms with Crippen molar-refractivity contribution in [3.63, 3.8) is 0 Å². The van der Waals surface area contributed by atoms with Crippen LogP contribution >= 0.6 is 0 Å². The topological polar surface area (TPSA) is 81.7 Å². The molecule has 142 valence electrons. The minimum absolute atomic E-state index is 0.290. The highest BCUT2D eigenvalue weighted by Gasteiger charge is 2.20. The first-order valence-corrected chi connectivity index (χ1v) is 8.70. The van der Waals surface area contributed by atoms with E-state index in [9.17, 15) is 14.4 Å². The summed E-state index contributed by atoms with van der Waals surface area (Å²) in [5, 5.41) is 2.47. The molecule has 2 aromatic rings. The van der Waals surface area contributed by atoms with Crippen LogP contribution in [0.2, 0.25) is 0 Å². The van der Waals surface area contributed by atoms with Crippen LogP contribution < -0.4 is 10.1 Å². The molecule has 6 heteroatoms. The first kappa shape index (κ1) is 20.2. The number of ether oxygens (including phenoxy) is 2. The number of carbonyl (C=O) groups is 3. The lowest BCUT2D eigenvalue weighted by Gasteiger charge is -2.13. The SMILES string of the molecule is CCc1ccc(C(=O)[C@H](C)OC(=O)CNC(=O)c2ccccc2OC)cc1. The number of nitrogens with one attached hydrogen (secondary N) is 1. The van der Waals surface area contributed by atoms with Gasteiger partial charge in [0.05, 0.1) is 12.7 Å². The van der Waals surface area contributed by atoms with Crippen molar-refractivity contribution in [3.8, 4) is 5.75 Å². The van der Waals surface area contributed by atoms with Gasteiger partial charge in [0.2, 0.25) is 5.78 Å². The van der Waals surface area contributed by atoms with Crippen LogP contribution in [0.25, 0.3) is 0 Å². The summed E-state index contributed by atoms with van der Waals surface area (Å²) >= 11 is 0. The average molecular weight is 369 g/mol. The maximum atomic E-state index is 12.3. The fourth-order valence-corrected chi connectivity index (χ4v) is 2.51. The molecule has 0 saturated carbocycles. The Morgan fingerprint density at radius 2 is 1.70 bits per heavy atom. The van der Waals surface area contributed by atoms with Gasteiger partial charge in [-0.3, -0.25) is 14.4 Å². The van der Waals surface area contributed by atoms with Crippen LogP contribution in [0.3, 0.4) is 0 Å². The fourth-order valence-electron chi connectivity index (χ4n) is 2.51. The molecule has 27 heavy (non-hydrogen) atoms. The molecule has 0 spiro atoms. The van der Waals surface area contributed by atoms with Gasteiger partial charge in [-0.25, -0.2) is 0 Å². The van der Waals surface area contributed by atoms with Crippen molar-refractivity contribution in [2.45, 2.75) is 26.4 Å². The molecule has 1 N–H and O–H groups in total. The summed E-state index contributed by atoms with van der Waals surface area (Å²) in [4.78, 5) is 36.5. The summed E-state index contributed by atoms with van der Waals surface area (Å²) in [6.07, 6.45) is -0.0570. The summed E-state index contributed by atoms with van der Waals surface area (Å²) in [6, 6.07) is 13.8. The van der Waals surface area contributed by atoms with E-state index in [1.807, 2.05) is 19.1 Å². The lowest BCUT2D eigenvalue weighted by Crippen LogP contribution is -2.34. The smallest absolute Gasteiger partial charge is 0.326 e. The van der Waals surface area contributed by atoms with Crippen LogP contribution in [0.1, 0.15) is 40.1 Å². The number of carbonyl (C=O) groups excluding carboxylic acids is 3. The molecule has 2 rings (SSSR count). The molecular formula is C21H23NO5. The molecule has 0 unspecified atom stereocenters. The Morgan fingerprint density at radius 1 is 1.04 bits per heavy atom. The van der Waals surface area contributed by atoms with E-state index >= 15 is 0 Å². The molecule has 0 aromatic heterocycles. The maximum Gasteiger partial charge on any atom is 0.326 e. The third kappa shape index (κ3) is 5.41. The van der Waals surface area contributed by atoms with Gasteiger partial charge in [-0.1, -0.05) is 43.3 Å². The van der Waals surface area contributed by atoms with Crippen LogP contribution in [-0.4, -0.2) is 37.4 Å². The largest absolute Gasteiger partial charge is 0.496 e. The third-order valence-electron chi connectivity index (χ3n) is 4.07. The number of ketones is 1. The fraction of sp³-hybridized carbons (Fsp3) is 0.286. The van der Waals surface area contributed by atoms with Gasteiger partial charge in [-0.05, 0) is 31.0 Å². The Balaban J connectivity index is 1.88. The van der Waals surface area contributed by atoms with E-state index < -0.39 is 18.0 Å². The lowest BCUT2D eigenvalue weighted by atomic mass is 10.0. The number of esters is 1. The van der Waals surface area contributed by atoms with E-state index in [1.54, 1.807) is 36.4 Å². The number of amides is 1. The van der Waals surface area contributed by atoms with Crippen molar-refractivity contribution >= 4 is 17.7 Å². The van der Waals surface area contributed by atoms with Gasteiger partial charge < -0.3 is 14.8 Å². The Bertz CT molecular complexity index is 814. The van der Waals surface area contributed by atoms with E-state index in [-0.39, 0.29) is 12.3 Å². The molecule has 0 aliphatic heterocycles. The molecule has 0 heterocycles. The second-order valence-electron chi connectivity index (χ2n) is 5.93. The van der Waals surface area contributed by atoms with Crippen LogP contribution in [0.5, 0.6) is 5.75 Å². The highest BCUT2D eigenvalue weighted by Crippen LogP contribution is 2.16. The number of aryl methyl sites for hydroxylation is 1. The molecule has 0 aliphatic rings. The number of rotatable bonds is 8. The lowest BCUT2D eigenvalue weighted by molar-refractivity contribution is -0.145. The molecule has 1 atom stereocenters. The zero-order valence-electron chi connectivity index (χ0n) is 15.7. The Hall–Kier alpha value is -3.15. The van der Waals surface area contributed by atoms with Gasteiger partial charge >= 0.3 is 5.97 Å². The van der Waals surface area contributed by atoms with E-state index in [1.165, 1.54) is 14.0 Å². The first-order chi connectivity index (χ1) is 13.0. The molecule has 6 nitrogen and oxygen atoms in total. The highest BCUT2D eigenvalue weighted by atomic mass is 16.5. The molecular weight excluding hydrogens is 346 g/mol. The number of hydrogen-bond acceptors (Lipinski definition) is 5. The molecule has 0 fully saturated rings. The van der Waals surface area contributed by atoms with Crippen molar-refractivity contribution in [1.29, 1.82) is 0 Å². The van der Waals surface area contributed by atoms with Gasteiger partial charge in [0, 0.05) is 5.56 Å². The average Bonchev–Trinajstić information content (AvgIpc) is 2.71. The number of methoxy groups -OCH3 is 1. The van der Waals surface area contributed by atoms with E-state index in [4.69, 9.17) is 9.47 Å². The van der Waals surface area contributed by atoms with E-state index in [0.717, 1.165) is 12.0 Å². The Labute approximate surface area is 158 Å². The Kier molecular flexibility index (Phi) is 7.11. The molecule has 0 aliphatic carbocycles. The monoisotopic (exact) mass is 369 g/mol. The van der Waals surface area contributed by atoms with Crippen LogP contribution in [-0.2, 0) is 16.0 Å². The molecule has 0 saturated heterocycles. The van der Waals surface area contributed by atoms with Crippen molar-refractivity contribution in [2.24, 2.45) is 0 Å². The summed E-state index contributed by atoms with van der Waals surface area (Å²) in [5.74, 6) is -1.03. The number of para-hydroxylation sites is 1. The maximum absolute atomic E-state index is 12.3. The molecule has 2 aromatic carbocycles. The standard InChI is InChI=1S/C21H23NO5/c1-4-15-9-11-16(12-10-15)20(24)14(2)27-19(23)13-22-21(25)17-7-5-6-8-18(17)26-3/h5-12,14H,4,13H2,1-3H3,(H,22,25)/t14-/m0/s1. The first-order valence-electron chi connectivity index (χ1n) is 8.70.